The molecule has 0 unspecified atom stereocenters. The summed E-state index contributed by atoms with van der Waals surface area (Å²) in [6, 6.07) is 4.92. The largest absolute Gasteiger partial charge is 0.497 e. The van der Waals surface area contributed by atoms with Gasteiger partial charge >= 0.3 is 0 Å². The first kappa shape index (κ1) is 19.6. The number of nitrogens with zero attached hydrogens (tertiary/aromatic N) is 4. The molecule has 2 N–H and O–H groups in total. The molecule has 0 aliphatic carbocycles. The molecular formula is C16H21F2N5O3S. The number of methoxy groups -OCH3 is 1. The van der Waals surface area contributed by atoms with Gasteiger partial charge in [0.25, 0.3) is 16.6 Å². The Balaban J connectivity index is 1.78. The number of halogens is 2. The molecule has 27 heavy (non-hydrogen) atoms. The minimum absolute atomic E-state index is 0.380. The molecule has 148 valence electrons. The van der Waals surface area contributed by atoms with Crippen molar-refractivity contribution in [2.75, 3.05) is 31.6 Å². The lowest BCUT2D eigenvalue weighted by Gasteiger charge is -2.37. The third-order valence-electron chi connectivity index (χ3n) is 4.64. The second kappa shape index (κ2) is 7.87. The first-order valence-electron chi connectivity index (χ1n) is 8.41. The molecule has 8 nitrogen and oxygen atoms in total. The zero-order valence-electron chi connectivity index (χ0n) is 14.8. The zero-order valence-corrected chi connectivity index (χ0v) is 15.6. The van der Waals surface area contributed by atoms with E-state index in [4.69, 9.17) is 9.88 Å². The number of hydrogen-bond acceptors (Lipinski definition) is 6. The second-order valence-electron chi connectivity index (χ2n) is 6.30. The van der Waals surface area contributed by atoms with Crippen LogP contribution in [0, 0.1) is 0 Å². The first-order chi connectivity index (χ1) is 12.8. The molecule has 3 rings (SSSR count). The quantitative estimate of drug-likeness (QED) is 0.785. The number of ether oxygens (including phenoxy) is 1. The summed E-state index contributed by atoms with van der Waals surface area (Å²) < 4.78 is 54.8. The number of benzene rings is 1. The van der Waals surface area contributed by atoms with E-state index in [-0.39, 0.29) is 0 Å². The number of anilines is 1. The number of hydrogen-bond donors (Lipinski definition) is 1. The summed E-state index contributed by atoms with van der Waals surface area (Å²) in [5.41, 5.74) is 0.727. The smallest absolute Gasteiger partial charge is 0.277 e. The van der Waals surface area contributed by atoms with E-state index >= 15 is 0 Å². The number of piperidine rings is 1. The fourth-order valence-electron chi connectivity index (χ4n) is 3.36. The number of aromatic nitrogens is 2. The Morgan fingerprint density at radius 3 is 2.63 bits per heavy atom. The van der Waals surface area contributed by atoms with Gasteiger partial charge in [0.2, 0.25) is 0 Å². The Hall–Kier alpha value is -2.11. The van der Waals surface area contributed by atoms with Crippen molar-refractivity contribution in [1.29, 1.82) is 0 Å². The van der Waals surface area contributed by atoms with Crippen molar-refractivity contribution in [1.82, 2.24) is 14.3 Å². The molecule has 0 bridgehead atoms. The van der Waals surface area contributed by atoms with Crippen molar-refractivity contribution in [3.63, 3.8) is 0 Å². The van der Waals surface area contributed by atoms with Crippen LogP contribution < -0.4 is 14.8 Å². The van der Waals surface area contributed by atoms with Crippen molar-refractivity contribution < 1.29 is 21.9 Å². The first-order valence-corrected chi connectivity index (χ1v) is 9.91. The van der Waals surface area contributed by atoms with Gasteiger partial charge in [-0.25, -0.2) is 23.9 Å². The Kier molecular flexibility index (Phi) is 5.72. The van der Waals surface area contributed by atoms with Crippen LogP contribution >= 0.6 is 0 Å². The van der Waals surface area contributed by atoms with Crippen LogP contribution in [0.25, 0.3) is 10.9 Å². The average molecular weight is 401 g/mol. The highest BCUT2D eigenvalue weighted by Gasteiger charge is 2.33. The maximum Gasteiger partial charge on any atom is 0.277 e. The summed E-state index contributed by atoms with van der Waals surface area (Å²) in [6.45, 7) is 0.0515. The second-order valence-corrected chi connectivity index (χ2v) is 7.80. The van der Waals surface area contributed by atoms with Crippen LogP contribution in [-0.2, 0) is 10.2 Å². The highest BCUT2D eigenvalue weighted by atomic mass is 32.2. The molecule has 0 amide bonds. The van der Waals surface area contributed by atoms with Crippen LogP contribution in [-0.4, -0.2) is 61.9 Å². The number of alkyl halides is 2. The number of nitrogens with two attached hydrogens (primary N) is 1. The molecule has 11 heteroatoms. The fraction of sp³-hybridized carbons (Fsp3) is 0.500. The molecule has 2 heterocycles. The zero-order chi connectivity index (χ0) is 19.6. The van der Waals surface area contributed by atoms with Gasteiger partial charge in [-0.3, -0.25) is 0 Å². The molecule has 0 atom stereocenters. The van der Waals surface area contributed by atoms with Crippen LogP contribution in [0.15, 0.2) is 24.5 Å². The molecule has 1 aliphatic rings. The standard InChI is InChI=1S/C16H21F2N5O3S/c1-26-12-2-3-13-14(8-12)20-10-21-16(13)22-6-4-11(5-7-22)23(9-15(17)18)27(19,24)25/h2-3,8,10-11,15H,4-7,9H2,1H3,(H2,19,24,25). The van der Waals surface area contributed by atoms with Gasteiger partial charge in [-0.05, 0) is 25.0 Å². The van der Waals surface area contributed by atoms with Crippen molar-refractivity contribution in [3.05, 3.63) is 24.5 Å². The fourth-order valence-corrected chi connectivity index (χ4v) is 4.31. The Morgan fingerprint density at radius 1 is 1.33 bits per heavy atom. The summed E-state index contributed by atoms with van der Waals surface area (Å²) in [5, 5.41) is 5.97. The predicted molar refractivity (Wildman–Crippen MR) is 97.1 cm³/mol. The average Bonchev–Trinajstić information content (AvgIpc) is 2.64. The molecule has 1 fully saturated rings. The van der Waals surface area contributed by atoms with E-state index in [0.29, 0.717) is 36.0 Å². The molecule has 1 aliphatic heterocycles. The van der Waals surface area contributed by atoms with Gasteiger partial charge in [-0.15, -0.1) is 0 Å². The number of rotatable bonds is 6. The Labute approximate surface area is 156 Å². The third-order valence-corrected chi connectivity index (χ3v) is 5.74. The Morgan fingerprint density at radius 2 is 2.04 bits per heavy atom. The van der Waals surface area contributed by atoms with Gasteiger partial charge in [-0.1, -0.05) is 0 Å². The highest BCUT2D eigenvalue weighted by molar-refractivity contribution is 7.86. The third kappa shape index (κ3) is 4.42. The molecule has 1 aromatic heterocycles. The van der Waals surface area contributed by atoms with Crippen LogP contribution in [0.5, 0.6) is 5.75 Å². The minimum Gasteiger partial charge on any atom is -0.497 e. The molecule has 2 aromatic rings. The highest BCUT2D eigenvalue weighted by Crippen LogP contribution is 2.29. The lowest BCUT2D eigenvalue weighted by Crippen LogP contribution is -2.51. The van der Waals surface area contributed by atoms with Crippen LogP contribution in [0.1, 0.15) is 12.8 Å². The van der Waals surface area contributed by atoms with Crippen molar-refractivity contribution >= 4 is 26.9 Å². The van der Waals surface area contributed by atoms with Crippen LogP contribution in [0.3, 0.4) is 0 Å². The molecule has 0 spiro atoms. The summed E-state index contributed by atoms with van der Waals surface area (Å²) >= 11 is 0. The summed E-state index contributed by atoms with van der Waals surface area (Å²) in [6.07, 6.45) is -0.561. The van der Waals surface area contributed by atoms with E-state index in [1.807, 2.05) is 17.0 Å². The van der Waals surface area contributed by atoms with Gasteiger partial charge in [0.1, 0.15) is 17.9 Å². The van der Waals surface area contributed by atoms with Gasteiger partial charge in [0.05, 0.1) is 19.2 Å². The molecule has 1 aromatic carbocycles. The van der Waals surface area contributed by atoms with E-state index < -0.39 is 29.2 Å². The molecule has 0 radical (unpaired) electrons. The van der Waals surface area contributed by atoms with Crippen molar-refractivity contribution in [2.24, 2.45) is 5.14 Å². The lowest BCUT2D eigenvalue weighted by atomic mass is 10.0. The topological polar surface area (TPSA) is 102 Å². The van der Waals surface area contributed by atoms with Crippen LogP contribution in [0.2, 0.25) is 0 Å². The van der Waals surface area contributed by atoms with E-state index in [2.05, 4.69) is 9.97 Å². The van der Waals surface area contributed by atoms with E-state index in [9.17, 15) is 17.2 Å². The van der Waals surface area contributed by atoms with Gasteiger partial charge in [-0.2, -0.15) is 12.7 Å². The maximum atomic E-state index is 12.7. The molecule has 0 saturated carbocycles. The minimum atomic E-state index is -4.19. The van der Waals surface area contributed by atoms with Gasteiger partial charge in [0.15, 0.2) is 0 Å². The predicted octanol–water partition coefficient (Wildman–Crippen LogP) is 1.38. The molecular weight excluding hydrogens is 380 g/mol. The SMILES string of the molecule is COc1ccc2c(N3CCC(N(CC(F)F)S(N)(=O)=O)CC3)ncnc2c1. The van der Waals surface area contributed by atoms with Gasteiger partial charge < -0.3 is 9.64 Å². The summed E-state index contributed by atoms with van der Waals surface area (Å²) in [7, 11) is -2.61. The molecule has 1 saturated heterocycles. The lowest BCUT2D eigenvalue weighted by molar-refractivity contribution is 0.101. The monoisotopic (exact) mass is 401 g/mol. The summed E-state index contributed by atoms with van der Waals surface area (Å²) in [5.74, 6) is 1.40. The van der Waals surface area contributed by atoms with E-state index in [1.165, 1.54) is 6.33 Å². The normalized spacial score (nSPS) is 16.4. The maximum absolute atomic E-state index is 12.7. The van der Waals surface area contributed by atoms with Crippen LogP contribution in [0.4, 0.5) is 14.6 Å². The van der Waals surface area contributed by atoms with Crippen molar-refractivity contribution in [3.8, 4) is 5.75 Å². The Bertz CT molecular complexity index is 904. The van der Waals surface area contributed by atoms with E-state index in [1.54, 1.807) is 13.2 Å². The van der Waals surface area contributed by atoms with Gasteiger partial charge in [0, 0.05) is 30.6 Å². The number of fused-ring (bicyclic) bond motifs is 1. The summed E-state index contributed by atoms with van der Waals surface area (Å²) in [4.78, 5) is 10.6. The van der Waals surface area contributed by atoms with E-state index in [0.717, 1.165) is 16.7 Å². The van der Waals surface area contributed by atoms with Crippen molar-refractivity contribution in [2.45, 2.75) is 25.3 Å².